The van der Waals surface area contributed by atoms with E-state index in [4.69, 9.17) is 16.9 Å². The summed E-state index contributed by atoms with van der Waals surface area (Å²) in [6.07, 6.45) is 4.94. The van der Waals surface area contributed by atoms with Gasteiger partial charge in [0, 0.05) is 6.07 Å². The maximum atomic E-state index is 10.5. The van der Waals surface area contributed by atoms with Crippen molar-refractivity contribution in [2.45, 2.75) is 0 Å². The van der Waals surface area contributed by atoms with E-state index < -0.39 is 4.92 Å². The lowest BCUT2D eigenvalue weighted by atomic mass is 10.4. The number of hydrogen-bond donors (Lipinski definition) is 1. The first kappa shape index (κ1) is 9.80. The SMILES string of the molecule is C#CCOc1nc(N)ccc1[N+](=O)[O-]. The average Bonchev–Trinajstić information content (AvgIpc) is 2.14. The van der Waals surface area contributed by atoms with Crippen LogP contribution in [0.5, 0.6) is 5.88 Å². The highest BCUT2D eigenvalue weighted by atomic mass is 16.6. The van der Waals surface area contributed by atoms with Gasteiger partial charge in [0.15, 0.2) is 6.61 Å². The second kappa shape index (κ2) is 4.09. The van der Waals surface area contributed by atoms with Crippen molar-refractivity contribution < 1.29 is 9.66 Å². The summed E-state index contributed by atoms with van der Waals surface area (Å²) >= 11 is 0. The first-order valence-electron chi connectivity index (χ1n) is 3.62. The van der Waals surface area contributed by atoms with Crippen molar-refractivity contribution in [3.63, 3.8) is 0 Å². The molecule has 6 heteroatoms. The quantitative estimate of drug-likeness (QED) is 0.430. The number of rotatable bonds is 3. The molecule has 72 valence electrons. The summed E-state index contributed by atoms with van der Waals surface area (Å²) < 4.78 is 4.86. The van der Waals surface area contributed by atoms with Crippen LogP contribution in [0.3, 0.4) is 0 Å². The lowest BCUT2D eigenvalue weighted by Gasteiger charge is -2.02. The number of pyridine rings is 1. The minimum atomic E-state index is -0.613. The van der Waals surface area contributed by atoms with Crippen LogP contribution in [0.4, 0.5) is 11.5 Å². The zero-order valence-corrected chi connectivity index (χ0v) is 7.14. The number of terminal acetylenes is 1. The standard InChI is InChI=1S/C8H7N3O3/c1-2-5-14-8-6(11(12)13)3-4-7(9)10-8/h1,3-4H,5H2,(H2,9,10). The summed E-state index contributed by atoms with van der Waals surface area (Å²) in [5, 5.41) is 10.5. The normalized spacial score (nSPS) is 9.07. The van der Waals surface area contributed by atoms with E-state index in [9.17, 15) is 10.1 Å². The van der Waals surface area contributed by atoms with Gasteiger partial charge in [-0.15, -0.1) is 6.42 Å². The van der Waals surface area contributed by atoms with Crippen LogP contribution in [-0.4, -0.2) is 16.5 Å². The van der Waals surface area contributed by atoms with Gasteiger partial charge in [-0.25, -0.2) is 0 Å². The van der Waals surface area contributed by atoms with E-state index in [0.717, 1.165) is 0 Å². The number of nitro groups is 1. The van der Waals surface area contributed by atoms with Gasteiger partial charge >= 0.3 is 5.69 Å². The Balaban J connectivity index is 3.04. The van der Waals surface area contributed by atoms with E-state index in [1.807, 2.05) is 0 Å². The van der Waals surface area contributed by atoms with Gasteiger partial charge in [0.2, 0.25) is 0 Å². The Kier molecular flexibility index (Phi) is 2.86. The molecule has 0 aliphatic heterocycles. The van der Waals surface area contributed by atoms with Crippen LogP contribution < -0.4 is 10.5 Å². The highest BCUT2D eigenvalue weighted by Gasteiger charge is 2.16. The molecular formula is C8H7N3O3. The molecule has 1 heterocycles. The highest BCUT2D eigenvalue weighted by Crippen LogP contribution is 2.24. The third-order valence-electron chi connectivity index (χ3n) is 1.35. The first-order chi connectivity index (χ1) is 6.65. The van der Waals surface area contributed by atoms with Crippen molar-refractivity contribution in [2.75, 3.05) is 12.3 Å². The van der Waals surface area contributed by atoms with Gasteiger partial charge in [-0.3, -0.25) is 10.1 Å². The summed E-state index contributed by atoms with van der Waals surface area (Å²) in [7, 11) is 0. The zero-order chi connectivity index (χ0) is 10.6. The molecular weight excluding hydrogens is 186 g/mol. The first-order valence-corrected chi connectivity index (χ1v) is 3.62. The van der Waals surface area contributed by atoms with E-state index in [1.165, 1.54) is 12.1 Å². The largest absolute Gasteiger partial charge is 0.460 e. The number of nitrogens with zero attached hydrogens (tertiary/aromatic N) is 2. The van der Waals surface area contributed by atoms with Gasteiger partial charge in [-0.2, -0.15) is 4.98 Å². The number of anilines is 1. The van der Waals surface area contributed by atoms with Gasteiger partial charge in [0.25, 0.3) is 5.88 Å². The molecule has 1 aromatic rings. The minimum Gasteiger partial charge on any atom is -0.460 e. The molecule has 0 atom stereocenters. The van der Waals surface area contributed by atoms with Crippen molar-refractivity contribution in [2.24, 2.45) is 0 Å². The topological polar surface area (TPSA) is 91.3 Å². The van der Waals surface area contributed by atoms with Crippen molar-refractivity contribution in [3.05, 3.63) is 22.2 Å². The molecule has 0 unspecified atom stereocenters. The maximum Gasteiger partial charge on any atom is 0.331 e. The smallest absolute Gasteiger partial charge is 0.331 e. The lowest BCUT2D eigenvalue weighted by molar-refractivity contribution is -0.386. The zero-order valence-electron chi connectivity index (χ0n) is 7.14. The molecule has 0 bridgehead atoms. The fourth-order valence-corrected chi connectivity index (χ4v) is 0.803. The molecule has 0 saturated carbocycles. The van der Waals surface area contributed by atoms with Crippen LogP contribution >= 0.6 is 0 Å². The van der Waals surface area contributed by atoms with Crippen molar-refractivity contribution in [1.82, 2.24) is 4.98 Å². The van der Waals surface area contributed by atoms with Crippen LogP contribution in [0.2, 0.25) is 0 Å². The van der Waals surface area contributed by atoms with Crippen LogP contribution in [0, 0.1) is 22.5 Å². The Morgan fingerprint density at radius 1 is 1.71 bits per heavy atom. The molecule has 0 aliphatic rings. The van der Waals surface area contributed by atoms with Gasteiger partial charge < -0.3 is 10.5 Å². The summed E-state index contributed by atoms with van der Waals surface area (Å²) in [5.74, 6) is 2.16. The van der Waals surface area contributed by atoms with Crippen LogP contribution in [-0.2, 0) is 0 Å². The van der Waals surface area contributed by atoms with Crippen molar-refractivity contribution in [1.29, 1.82) is 0 Å². The molecule has 2 N–H and O–H groups in total. The summed E-state index contributed by atoms with van der Waals surface area (Å²) in [6, 6.07) is 2.54. The molecule has 0 spiro atoms. The van der Waals surface area contributed by atoms with E-state index in [1.54, 1.807) is 0 Å². The predicted molar refractivity (Wildman–Crippen MR) is 49.6 cm³/mol. The molecule has 6 nitrogen and oxygen atoms in total. The molecule has 14 heavy (non-hydrogen) atoms. The second-order valence-electron chi connectivity index (χ2n) is 2.31. The van der Waals surface area contributed by atoms with E-state index in [-0.39, 0.29) is 24.0 Å². The molecule has 0 aliphatic carbocycles. The van der Waals surface area contributed by atoms with Crippen molar-refractivity contribution in [3.8, 4) is 18.2 Å². The number of nitrogens with two attached hydrogens (primary N) is 1. The Morgan fingerprint density at radius 3 is 3.00 bits per heavy atom. The van der Waals surface area contributed by atoms with Gasteiger partial charge in [-0.05, 0) is 6.07 Å². The van der Waals surface area contributed by atoms with E-state index in [0.29, 0.717) is 0 Å². The van der Waals surface area contributed by atoms with Crippen molar-refractivity contribution >= 4 is 11.5 Å². The Hall–Kier alpha value is -2.29. The van der Waals surface area contributed by atoms with E-state index in [2.05, 4.69) is 10.9 Å². The Morgan fingerprint density at radius 2 is 2.43 bits per heavy atom. The fourth-order valence-electron chi connectivity index (χ4n) is 0.803. The summed E-state index contributed by atoms with van der Waals surface area (Å²) in [5.41, 5.74) is 5.08. The fraction of sp³-hybridized carbons (Fsp3) is 0.125. The lowest BCUT2D eigenvalue weighted by Crippen LogP contribution is -2.02. The van der Waals surface area contributed by atoms with Gasteiger partial charge in [0.05, 0.1) is 4.92 Å². The Bertz CT molecular complexity index is 397. The second-order valence-corrected chi connectivity index (χ2v) is 2.31. The highest BCUT2D eigenvalue weighted by molar-refractivity contribution is 5.47. The number of hydrogen-bond acceptors (Lipinski definition) is 5. The molecule has 1 rings (SSSR count). The maximum absolute atomic E-state index is 10.5. The third-order valence-corrected chi connectivity index (χ3v) is 1.35. The Labute approximate surface area is 79.9 Å². The average molecular weight is 193 g/mol. The molecule has 0 saturated heterocycles. The van der Waals surface area contributed by atoms with Crippen LogP contribution in [0.1, 0.15) is 0 Å². The van der Waals surface area contributed by atoms with Gasteiger partial charge in [0.1, 0.15) is 5.82 Å². The third kappa shape index (κ3) is 2.10. The van der Waals surface area contributed by atoms with E-state index >= 15 is 0 Å². The number of ether oxygens (including phenoxy) is 1. The molecule has 0 aromatic carbocycles. The van der Waals surface area contributed by atoms with Gasteiger partial charge in [-0.1, -0.05) is 5.92 Å². The van der Waals surface area contributed by atoms with Crippen LogP contribution in [0.15, 0.2) is 12.1 Å². The van der Waals surface area contributed by atoms with Crippen LogP contribution in [0.25, 0.3) is 0 Å². The molecule has 0 radical (unpaired) electrons. The minimum absolute atomic E-state index is 0.0860. The molecule has 1 aromatic heterocycles. The number of nitrogen functional groups attached to an aromatic ring is 1. The number of aromatic nitrogens is 1. The molecule has 0 amide bonds. The monoisotopic (exact) mass is 193 g/mol. The summed E-state index contributed by atoms with van der Waals surface area (Å²) in [4.78, 5) is 13.5. The predicted octanol–water partition coefficient (Wildman–Crippen LogP) is 0.584. The summed E-state index contributed by atoms with van der Waals surface area (Å²) in [6.45, 7) is -0.0860. The molecule has 0 fully saturated rings.